The number of rotatable bonds is 7. The van der Waals surface area contributed by atoms with Gasteiger partial charge in [0.05, 0.1) is 25.8 Å². The van der Waals surface area contributed by atoms with E-state index in [-0.39, 0.29) is 37.1 Å². The molecule has 2 atom stereocenters. The molecule has 2 N–H and O–H groups in total. The quantitative estimate of drug-likeness (QED) is 0.541. The normalized spacial score (nSPS) is 29.2. The Bertz CT molecular complexity index is 541. The van der Waals surface area contributed by atoms with Crippen LogP contribution in [0.1, 0.15) is 0 Å². The molecule has 0 bridgehead atoms. The van der Waals surface area contributed by atoms with Crippen LogP contribution in [0.2, 0.25) is 0 Å². The van der Waals surface area contributed by atoms with Gasteiger partial charge in [-0.1, -0.05) is 0 Å². The van der Waals surface area contributed by atoms with Gasteiger partial charge in [0.1, 0.15) is 13.2 Å². The largest absolute Gasteiger partial charge is 0.448 e. The summed E-state index contributed by atoms with van der Waals surface area (Å²) in [4.78, 5) is 31.9. The predicted molar refractivity (Wildman–Crippen MR) is 93.5 cm³/mol. The van der Waals surface area contributed by atoms with Crippen molar-refractivity contribution in [2.24, 2.45) is 11.3 Å². The molecule has 0 saturated carbocycles. The molecule has 26 heavy (non-hydrogen) atoms. The maximum absolute atomic E-state index is 12.7. The molecule has 0 aromatic carbocycles. The molecular formula is C17H30N4O5. The average molecular weight is 370 g/mol. The number of ether oxygens (including phenoxy) is 1. The van der Waals surface area contributed by atoms with Crippen molar-refractivity contribution in [3.8, 4) is 0 Å². The second kappa shape index (κ2) is 7.67. The Balaban J connectivity index is 1.67. The fraction of sp³-hybridized carbons (Fsp3) is 0.882. The number of carbonyl (C=O) groups excluding carboxylic acids is 2. The summed E-state index contributed by atoms with van der Waals surface area (Å²) in [5, 5.41) is 19.0. The Kier molecular flexibility index (Phi) is 5.71. The van der Waals surface area contributed by atoms with Crippen LogP contribution in [0.5, 0.6) is 0 Å². The lowest BCUT2D eigenvalue weighted by atomic mass is 9.80. The second-order valence-corrected chi connectivity index (χ2v) is 8.06. The van der Waals surface area contributed by atoms with Gasteiger partial charge in [0.25, 0.3) is 0 Å². The third kappa shape index (κ3) is 3.66. The summed E-state index contributed by atoms with van der Waals surface area (Å²) in [5.74, 6) is 0.253. The van der Waals surface area contributed by atoms with Crippen molar-refractivity contribution in [2.75, 3.05) is 79.7 Å². The van der Waals surface area contributed by atoms with Gasteiger partial charge < -0.3 is 24.7 Å². The van der Waals surface area contributed by atoms with Gasteiger partial charge in [0, 0.05) is 38.1 Å². The van der Waals surface area contributed by atoms with Gasteiger partial charge in [-0.25, -0.2) is 4.79 Å². The summed E-state index contributed by atoms with van der Waals surface area (Å²) in [6.45, 7) is 4.38. The summed E-state index contributed by atoms with van der Waals surface area (Å²) in [5.41, 5.74) is -0.0761. The number of amides is 2. The zero-order valence-electron chi connectivity index (χ0n) is 15.6. The molecule has 2 amide bonds. The number of fused-ring (bicyclic) bond motifs is 1. The smallest absolute Gasteiger partial charge is 0.410 e. The second-order valence-electron chi connectivity index (χ2n) is 8.06. The van der Waals surface area contributed by atoms with Gasteiger partial charge >= 0.3 is 6.09 Å². The summed E-state index contributed by atoms with van der Waals surface area (Å²) in [6.07, 6.45) is -0.416. The van der Waals surface area contributed by atoms with E-state index in [0.29, 0.717) is 32.2 Å². The number of carbonyl (C=O) groups is 2. The van der Waals surface area contributed by atoms with Gasteiger partial charge in [-0.05, 0) is 20.0 Å². The highest BCUT2D eigenvalue weighted by Gasteiger charge is 2.54. The number of cyclic esters (lactones) is 1. The molecule has 0 spiro atoms. The summed E-state index contributed by atoms with van der Waals surface area (Å²) >= 11 is 0. The fourth-order valence-electron chi connectivity index (χ4n) is 4.66. The topological polar surface area (TPSA) is 96.8 Å². The highest BCUT2D eigenvalue weighted by molar-refractivity contribution is 5.83. The average Bonchev–Trinajstić information content (AvgIpc) is 3.21. The van der Waals surface area contributed by atoms with E-state index < -0.39 is 6.09 Å². The molecule has 2 unspecified atom stereocenters. The van der Waals surface area contributed by atoms with Crippen molar-refractivity contribution in [1.82, 2.24) is 19.6 Å². The molecule has 3 heterocycles. The molecule has 3 aliphatic heterocycles. The minimum Gasteiger partial charge on any atom is -0.448 e. The molecule has 3 saturated heterocycles. The number of aliphatic hydroxyl groups excluding tert-OH is 2. The summed E-state index contributed by atoms with van der Waals surface area (Å²) in [6, 6.07) is -0.247. The molecule has 9 nitrogen and oxygen atoms in total. The molecule has 148 valence electrons. The van der Waals surface area contributed by atoms with Crippen LogP contribution in [0.15, 0.2) is 0 Å². The number of aliphatic hydroxyl groups is 2. The van der Waals surface area contributed by atoms with E-state index in [1.54, 1.807) is 0 Å². The summed E-state index contributed by atoms with van der Waals surface area (Å²) < 4.78 is 4.90. The SMILES string of the molecule is CN(C)CC12CN(C(=O)CN3CCOC3=O)CC1CN(C(CO)CO)C2. The van der Waals surface area contributed by atoms with Gasteiger partial charge in [0.2, 0.25) is 5.91 Å². The van der Waals surface area contributed by atoms with Crippen LogP contribution in [0.3, 0.4) is 0 Å². The maximum Gasteiger partial charge on any atom is 0.410 e. The van der Waals surface area contributed by atoms with Crippen LogP contribution in [0.25, 0.3) is 0 Å². The zero-order chi connectivity index (χ0) is 18.9. The van der Waals surface area contributed by atoms with Crippen LogP contribution in [0.4, 0.5) is 4.79 Å². The van der Waals surface area contributed by atoms with Gasteiger partial charge in [-0.2, -0.15) is 0 Å². The number of nitrogens with zero attached hydrogens (tertiary/aromatic N) is 4. The Labute approximate surface area is 154 Å². The lowest BCUT2D eigenvalue weighted by molar-refractivity contribution is -0.131. The Morgan fingerprint density at radius 1 is 1.31 bits per heavy atom. The molecule has 3 aliphatic rings. The Morgan fingerprint density at radius 3 is 2.62 bits per heavy atom. The predicted octanol–water partition coefficient (Wildman–Crippen LogP) is -1.89. The summed E-state index contributed by atoms with van der Waals surface area (Å²) in [7, 11) is 4.05. The van der Waals surface area contributed by atoms with Crippen LogP contribution >= 0.6 is 0 Å². The minimum atomic E-state index is -0.416. The van der Waals surface area contributed by atoms with E-state index in [9.17, 15) is 19.8 Å². The van der Waals surface area contributed by atoms with E-state index in [1.165, 1.54) is 4.90 Å². The lowest BCUT2D eigenvalue weighted by Crippen LogP contribution is -2.47. The van der Waals surface area contributed by atoms with Crippen molar-refractivity contribution in [2.45, 2.75) is 6.04 Å². The maximum atomic E-state index is 12.7. The van der Waals surface area contributed by atoms with Crippen LogP contribution in [0, 0.1) is 11.3 Å². The van der Waals surface area contributed by atoms with E-state index in [1.807, 2.05) is 19.0 Å². The van der Waals surface area contributed by atoms with E-state index in [2.05, 4.69) is 9.80 Å². The highest BCUT2D eigenvalue weighted by atomic mass is 16.6. The first kappa shape index (κ1) is 19.3. The molecule has 0 radical (unpaired) electrons. The first-order valence-corrected chi connectivity index (χ1v) is 9.18. The number of likely N-dealkylation sites (tertiary alicyclic amines) is 2. The molecule has 0 aromatic heterocycles. The van der Waals surface area contributed by atoms with Gasteiger partial charge in [-0.15, -0.1) is 0 Å². The van der Waals surface area contributed by atoms with E-state index in [0.717, 1.165) is 19.6 Å². The molecule has 3 rings (SSSR count). The molecule has 9 heteroatoms. The van der Waals surface area contributed by atoms with E-state index in [4.69, 9.17) is 4.74 Å². The van der Waals surface area contributed by atoms with Crippen molar-refractivity contribution in [3.05, 3.63) is 0 Å². The van der Waals surface area contributed by atoms with Crippen molar-refractivity contribution in [3.63, 3.8) is 0 Å². The Morgan fingerprint density at radius 2 is 2.04 bits per heavy atom. The number of hydrogen-bond acceptors (Lipinski definition) is 7. The lowest BCUT2D eigenvalue weighted by Gasteiger charge is -2.33. The third-order valence-electron chi connectivity index (χ3n) is 5.88. The molecule has 3 fully saturated rings. The standard InChI is InChI=1S/C17H30N4O5/c1-18(2)10-17-11-20(14(8-22)9-23)5-13(17)6-21(12-17)15(24)7-19-3-4-26-16(19)25/h13-14,22-23H,3-12H2,1-2H3. The van der Waals surface area contributed by atoms with Gasteiger partial charge in [0.15, 0.2) is 0 Å². The van der Waals surface area contributed by atoms with E-state index >= 15 is 0 Å². The van der Waals surface area contributed by atoms with Crippen molar-refractivity contribution < 1.29 is 24.5 Å². The van der Waals surface area contributed by atoms with Crippen LogP contribution in [-0.4, -0.2) is 128 Å². The molecule has 0 aliphatic carbocycles. The van der Waals surface area contributed by atoms with Crippen LogP contribution < -0.4 is 0 Å². The van der Waals surface area contributed by atoms with Gasteiger partial charge in [-0.3, -0.25) is 14.6 Å². The monoisotopic (exact) mass is 370 g/mol. The Hall–Kier alpha value is -1.42. The highest BCUT2D eigenvalue weighted by Crippen LogP contribution is 2.43. The first-order chi connectivity index (χ1) is 12.4. The number of hydrogen-bond donors (Lipinski definition) is 2. The van der Waals surface area contributed by atoms with Crippen molar-refractivity contribution in [1.29, 1.82) is 0 Å². The third-order valence-corrected chi connectivity index (χ3v) is 5.88. The molecular weight excluding hydrogens is 340 g/mol. The molecule has 0 aromatic rings. The van der Waals surface area contributed by atoms with Crippen LogP contribution in [-0.2, 0) is 9.53 Å². The zero-order valence-corrected chi connectivity index (χ0v) is 15.6. The van der Waals surface area contributed by atoms with Crippen molar-refractivity contribution >= 4 is 12.0 Å². The minimum absolute atomic E-state index is 0.0382. The first-order valence-electron chi connectivity index (χ1n) is 9.18. The fourth-order valence-corrected chi connectivity index (χ4v) is 4.66.